The molecule has 0 saturated carbocycles. The Balaban J connectivity index is 0.000000853. The minimum absolute atomic E-state index is 0. The molecule has 0 amide bonds. The Morgan fingerprint density at radius 3 is 2.69 bits per heavy atom. The van der Waals surface area contributed by atoms with Crippen molar-refractivity contribution in [3.05, 3.63) is 59.7 Å². The van der Waals surface area contributed by atoms with Gasteiger partial charge in [-0.25, -0.2) is 0 Å². The van der Waals surface area contributed by atoms with E-state index in [2.05, 4.69) is 12.1 Å². The van der Waals surface area contributed by atoms with E-state index in [1.807, 2.05) is 36.4 Å². The van der Waals surface area contributed by atoms with Gasteiger partial charge in [0.2, 0.25) is 0 Å². The third-order valence-corrected chi connectivity index (χ3v) is 2.46. The summed E-state index contributed by atoms with van der Waals surface area (Å²) in [5.41, 5.74) is 2.38. The van der Waals surface area contributed by atoms with Gasteiger partial charge in [-0.1, -0.05) is 18.2 Å². The standard InChI is InChI=1S/C13H9O.Fe.Na.H/c1-3-7-12-10(5-1)9-11-6-2-4-8-13(11)14-12;;;/h1-5,7-8H,9H2;;;/q-1;;+1;-1. The summed E-state index contributed by atoms with van der Waals surface area (Å²) in [7, 11) is 0. The van der Waals surface area contributed by atoms with E-state index in [1.165, 1.54) is 5.56 Å². The number of hydrogen-bond acceptors (Lipinski definition) is 1. The van der Waals surface area contributed by atoms with Crippen molar-refractivity contribution in [2.75, 3.05) is 0 Å². The Hall–Kier alpha value is -0.241. The maximum Gasteiger partial charge on any atom is 1.00 e. The van der Waals surface area contributed by atoms with Gasteiger partial charge in [-0.15, -0.1) is 11.6 Å². The molecule has 1 nitrogen and oxygen atoms in total. The molecule has 78 valence electrons. The van der Waals surface area contributed by atoms with Crippen LogP contribution in [0.4, 0.5) is 0 Å². The zero-order valence-corrected chi connectivity index (χ0v) is 12.1. The molecular weight excluding hydrogens is 251 g/mol. The predicted octanol–water partition coefficient (Wildman–Crippen LogP) is 0.297. The van der Waals surface area contributed by atoms with Gasteiger partial charge in [0.15, 0.2) is 0 Å². The summed E-state index contributed by atoms with van der Waals surface area (Å²) >= 11 is 0. The molecule has 1 heterocycles. The number of benzene rings is 2. The molecule has 3 rings (SSSR count). The van der Waals surface area contributed by atoms with E-state index in [9.17, 15) is 0 Å². The molecule has 2 aromatic rings. The zero-order valence-electron chi connectivity index (χ0n) is 10.0. The first-order valence-electron chi connectivity index (χ1n) is 4.69. The maximum atomic E-state index is 5.75. The molecule has 0 unspecified atom stereocenters. The van der Waals surface area contributed by atoms with Crippen molar-refractivity contribution in [2.45, 2.75) is 6.42 Å². The fourth-order valence-electron chi connectivity index (χ4n) is 1.75. The molecule has 1 aliphatic heterocycles. The van der Waals surface area contributed by atoms with Crippen LogP contribution in [-0.4, -0.2) is 0 Å². The summed E-state index contributed by atoms with van der Waals surface area (Å²) in [4.78, 5) is 0. The number of ether oxygens (including phenoxy) is 1. The molecule has 2 aromatic carbocycles. The van der Waals surface area contributed by atoms with Gasteiger partial charge in [0.25, 0.3) is 0 Å². The smallest absolute Gasteiger partial charge is 1.00 e. The maximum absolute atomic E-state index is 5.75. The molecule has 0 aromatic heterocycles. The fourth-order valence-corrected chi connectivity index (χ4v) is 1.75. The van der Waals surface area contributed by atoms with Gasteiger partial charge in [0.1, 0.15) is 5.75 Å². The van der Waals surface area contributed by atoms with Crippen molar-refractivity contribution in [3.63, 3.8) is 0 Å². The first-order chi connectivity index (χ1) is 6.93. The average molecular weight is 261 g/mol. The Kier molecular flexibility index (Phi) is 5.10. The minimum Gasteiger partial charge on any atom is -1.00 e. The van der Waals surface area contributed by atoms with Crippen LogP contribution < -0.4 is 34.3 Å². The zero-order chi connectivity index (χ0) is 9.38. The normalized spacial score (nSPS) is 11.0. The summed E-state index contributed by atoms with van der Waals surface area (Å²) in [5, 5.41) is 0. The average Bonchev–Trinajstić information content (AvgIpc) is 2.26. The van der Waals surface area contributed by atoms with Crippen molar-refractivity contribution in [1.82, 2.24) is 0 Å². The number of para-hydroxylation sites is 1. The molecule has 0 aliphatic carbocycles. The van der Waals surface area contributed by atoms with Crippen molar-refractivity contribution >= 4 is 0 Å². The number of hydrogen-bond donors (Lipinski definition) is 0. The van der Waals surface area contributed by atoms with Gasteiger partial charge in [-0.2, -0.15) is 18.2 Å². The Bertz CT molecular complexity index is 403. The van der Waals surface area contributed by atoms with Crippen LogP contribution >= 0.6 is 0 Å². The molecule has 0 saturated heterocycles. The molecule has 0 fully saturated rings. The van der Waals surface area contributed by atoms with Gasteiger partial charge in [-0.3, -0.25) is 0 Å². The second-order valence-corrected chi connectivity index (χ2v) is 3.40. The molecule has 3 heteroatoms. The van der Waals surface area contributed by atoms with E-state index in [1.54, 1.807) is 0 Å². The van der Waals surface area contributed by atoms with Gasteiger partial charge in [0.05, 0.1) is 0 Å². The molecule has 0 N–H and O–H groups in total. The van der Waals surface area contributed by atoms with Crippen LogP contribution in [0, 0.1) is 6.07 Å². The van der Waals surface area contributed by atoms with Crippen LogP contribution in [0.3, 0.4) is 0 Å². The van der Waals surface area contributed by atoms with Crippen molar-refractivity contribution in [1.29, 1.82) is 0 Å². The fraction of sp³-hybridized carbons (Fsp3) is 0.0769. The van der Waals surface area contributed by atoms with Crippen molar-refractivity contribution in [2.24, 2.45) is 0 Å². The minimum atomic E-state index is 0. The third kappa shape index (κ3) is 2.53. The van der Waals surface area contributed by atoms with E-state index in [0.717, 1.165) is 23.5 Å². The summed E-state index contributed by atoms with van der Waals surface area (Å²) in [5.74, 6) is 1.91. The van der Waals surface area contributed by atoms with E-state index >= 15 is 0 Å². The first kappa shape index (κ1) is 13.8. The van der Waals surface area contributed by atoms with Crippen LogP contribution in [-0.2, 0) is 23.5 Å². The van der Waals surface area contributed by atoms with Gasteiger partial charge in [0, 0.05) is 22.8 Å². The van der Waals surface area contributed by atoms with E-state index < -0.39 is 0 Å². The van der Waals surface area contributed by atoms with Crippen LogP contribution in [0.1, 0.15) is 12.6 Å². The Labute approximate surface area is 129 Å². The molecule has 0 atom stereocenters. The number of rotatable bonds is 0. The van der Waals surface area contributed by atoms with Crippen LogP contribution in [0.2, 0.25) is 0 Å². The third-order valence-electron chi connectivity index (χ3n) is 2.46. The van der Waals surface area contributed by atoms with Gasteiger partial charge < -0.3 is 6.16 Å². The summed E-state index contributed by atoms with van der Waals surface area (Å²) in [6.45, 7) is 0. The van der Waals surface area contributed by atoms with Crippen LogP contribution in [0.15, 0.2) is 42.5 Å². The largest absolute Gasteiger partial charge is 1.00 e. The Morgan fingerprint density at radius 2 is 1.81 bits per heavy atom. The van der Waals surface area contributed by atoms with E-state index in [4.69, 9.17) is 4.74 Å². The van der Waals surface area contributed by atoms with Crippen LogP contribution in [0.5, 0.6) is 11.5 Å². The first-order valence-corrected chi connectivity index (χ1v) is 4.69. The predicted molar refractivity (Wildman–Crippen MR) is 55.7 cm³/mol. The van der Waals surface area contributed by atoms with Gasteiger partial charge in [-0.05, 0) is 18.1 Å². The molecular formula is C13H10FeNaO-. The van der Waals surface area contributed by atoms with E-state index in [-0.39, 0.29) is 48.1 Å². The summed E-state index contributed by atoms with van der Waals surface area (Å²) in [6, 6.07) is 17.2. The molecule has 0 radical (unpaired) electrons. The molecule has 16 heavy (non-hydrogen) atoms. The van der Waals surface area contributed by atoms with Crippen molar-refractivity contribution < 1.29 is 52.8 Å². The summed E-state index contributed by atoms with van der Waals surface area (Å²) in [6.07, 6.45) is 0.923. The second kappa shape index (κ2) is 5.90. The summed E-state index contributed by atoms with van der Waals surface area (Å²) < 4.78 is 5.75. The molecule has 0 spiro atoms. The van der Waals surface area contributed by atoms with Crippen LogP contribution in [0.25, 0.3) is 0 Å². The number of fused-ring (bicyclic) bond motifs is 2. The topological polar surface area (TPSA) is 9.23 Å². The van der Waals surface area contributed by atoms with Gasteiger partial charge >= 0.3 is 29.6 Å². The Morgan fingerprint density at radius 1 is 1.06 bits per heavy atom. The van der Waals surface area contributed by atoms with Crippen molar-refractivity contribution in [3.8, 4) is 11.5 Å². The van der Waals surface area contributed by atoms with E-state index in [0.29, 0.717) is 0 Å². The monoisotopic (exact) mass is 261 g/mol. The molecule has 1 aliphatic rings. The second-order valence-electron chi connectivity index (χ2n) is 3.40. The quantitative estimate of drug-likeness (QED) is 0.417. The molecule has 0 bridgehead atoms. The SMILES string of the molecule is [Fe].[H-].[Na+].[c-]1cccc2c1Cc1ccccc1O2.